The number of hydrogen-bond acceptors (Lipinski definition) is 9. The number of nitrogens with zero attached hydrogens (tertiary/aromatic N) is 7. The first-order valence-corrected chi connectivity index (χ1v) is 13.3. The second-order valence-corrected chi connectivity index (χ2v) is 11.2. The summed E-state index contributed by atoms with van der Waals surface area (Å²) in [5, 5.41) is 2.83. The van der Waals surface area contributed by atoms with Crippen molar-refractivity contribution in [2.45, 2.75) is 51.4 Å². The number of sulfone groups is 1. The van der Waals surface area contributed by atoms with Gasteiger partial charge in [0, 0.05) is 32.0 Å². The van der Waals surface area contributed by atoms with Crippen LogP contribution in [0.1, 0.15) is 32.5 Å². The van der Waals surface area contributed by atoms with Crippen molar-refractivity contribution in [2.24, 2.45) is 5.92 Å². The lowest BCUT2D eigenvalue weighted by Gasteiger charge is -2.24. The van der Waals surface area contributed by atoms with Gasteiger partial charge in [0.25, 0.3) is 0 Å². The first-order chi connectivity index (χ1) is 16.3. The number of anilines is 1. The Labute approximate surface area is 198 Å². The number of imidazole rings is 1. The second-order valence-electron chi connectivity index (χ2n) is 8.90. The van der Waals surface area contributed by atoms with E-state index < -0.39 is 21.1 Å². The molecule has 3 aromatic rings. The number of hydrogen-bond donors (Lipinski definition) is 1. The Morgan fingerprint density at radius 3 is 2.62 bits per heavy atom. The average Bonchev–Trinajstić information content (AvgIpc) is 3.50. The van der Waals surface area contributed by atoms with Crippen molar-refractivity contribution in [2.75, 3.05) is 24.2 Å². The Balaban J connectivity index is 1.43. The van der Waals surface area contributed by atoms with Crippen LogP contribution in [0.3, 0.4) is 0 Å². The van der Waals surface area contributed by atoms with Gasteiger partial charge < -0.3 is 14.8 Å². The first kappa shape index (κ1) is 22.6. The van der Waals surface area contributed by atoms with E-state index in [0.29, 0.717) is 54.6 Å². The summed E-state index contributed by atoms with van der Waals surface area (Å²) in [4.78, 5) is 37.2. The third kappa shape index (κ3) is 3.79. The number of amides is 1. The van der Waals surface area contributed by atoms with Gasteiger partial charge in [-0.05, 0) is 32.6 Å². The fraction of sp³-hybridized carbons (Fsp3) is 0.545. The highest BCUT2D eigenvalue weighted by atomic mass is 32.2. The van der Waals surface area contributed by atoms with Crippen LogP contribution in [0, 0.1) is 12.8 Å². The molecule has 0 saturated carbocycles. The summed E-state index contributed by atoms with van der Waals surface area (Å²) in [6.45, 7) is 7.14. The van der Waals surface area contributed by atoms with Crippen molar-refractivity contribution in [1.29, 1.82) is 0 Å². The van der Waals surface area contributed by atoms with E-state index in [2.05, 4.69) is 25.3 Å². The van der Waals surface area contributed by atoms with E-state index in [9.17, 15) is 13.2 Å². The van der Waals surface area contributed by atoms with Crippen molar-refractivity contribution in [3.05, 3.63) is 24.5 Å². The van der Waals surface area contributed by atoms with Gasteiger partial charge in [-0.25, -0.2) is 33.3 Å². The molecule has 34 heavy (non-hydrogen) atoms. The number of fused-ring (bicyclic) bond motifs is 2. The van der Waals surface area contributed by atoms with Crippen LogP contribution in [0.5, 0.6) is 0 Å². The number of aryl methyl sites for hydroxylation is 2. The second kappa shape index (κ2) is 8.57. The molecule has 1 amide bonds. The minimum absolute atomic E-state index is 0.0387. The Hall–Kier alpha value is -3.15. The van der Waals surface area contributed by atoms with Crippen molar-refractivity contribution >= 4 is 32.7 Å². The maximum atomic E-state index is 13.3. The number of likely N-dealkylation sites (tertiary alicyclic amines) is 1. The lowest BCUT2D eigenvalue weighted by Crippen LogP contribution is -2.42. The zero-order valence-electron chi connectivity index (χ0n) is 19.5. The molecule has 12 heteroatoms. The van der Waals surface area contributed by atoms with E-state index in [-0.39, 0.29) is 24.1 Å². The van der Waals surface area contributed by atoms with Gasteiger partial charge in [0.15, 0.2) is 26.8 Å². The number of carbonyl (C=O) groups is 1. The molecule has 2 aliphatic rings. The number of rotatable bonds is 6. The van der Waals surface area contributed by atoms with Gasteiger partial charge in [-0.2, -0.15) is 0 Å². The average molecular weight is 485 g/mol. The van der Waals surface area contributed by atoms with Crippen LogP contribution in [-0.2, 0) is 21.2 Å². The maximum Gasteiger partial charge on any atom is 0.245 e. The summed E-state index contributed by atoms with van der Waals surface area (Å²) in [5.41, 5.74) is 1.98. The lowest BCUT2D eigenvalue weighted by atomic mass is 10.1. The molecule has 0 radical (unpaired) electrons. The molecular formula is C22H28N8O3S. The SMILES string of the molecule is CC[C@@H](Nc1ncnc2c1nc(-c1cnc(C)nc1)n2CC)C(=O)N1C[C@H]2CCS(=O)(=O)[C@@H]2C1. The predicted molar refractivity (Wildman–Crippen MR) is 127 cm³/mol. The summed E-state index contributed by atoms with van der Waals surface area (Å²) in [5.74, 6) is 1.98. The maximum absolute atomic E-state index is 13.3. The van der Waals surface area contributed by atoms with Crippen LogP contribution in [0.15, 0.2) is 18.7 Å². The van der Waals surface area contributed by atoms with Crippen molar-refractivity contribution in [1.82, 2.24) is 34.4 Å². The standard InChI is InChI=1S/C22H28N8O3S/c1-4-16(22(31)29-10-14-6-7-34(32,33)17(14)11-29)27-19-18-21(26-12-25-19)30(5-2)20(28-18)15-8-23-13(3)24-9-15/h8-9,12,14,16-17H,4-7,10-11H2,1-3H3,(H,25,26,27)/t14-,16-,17-/m1/s1. The van der Waals surface area contributed by atoms with Crippen molar-refractivity contribution in [3.8, 4) is 11.4 Å². The van der Waals surface area contributed by atoms with Crippen LogP contribution in [-0.4, -0.2) is 78.8 Å². The topological polar surface area (TPSA) is 136 Å². The van der Waals surface area contributed by atoms with Crippen LogP contribution < -0.4 is 5.32 Å². The van der Waals surface area contributed by atoms with Gasteiger partial charge in [0.05, 0.1) is 16.6 Å². The third-order valence-electron chi connectivity index (χ3n) is 6.83. The highest BCUT2D eigenvalue weighted by molar-refractivity contribution is 7.92. The smallest absolute Gasteiger partial charge is 0.245 e. The lowest BCUT2D eigenvalue weighted by molar-refractivity contribution is -0.131. The number of nitrogens with one attached hydrogen (secondary N) is 1. The van der Waals surface area contributed by atoms with Crippen LogP contribution in [0.2, 0.25) is 0 Å². The van der Waals surface area contributed by atoms with E-state index in [1.165, 1.54) is 6.33 Å². The Morgan fingerprint density at radius 2 is 1.94 bits per heavy atom. The minimum Gasteiger partial charge on any atom is -0.356 e. The summed E-state index contributed by atoms with van der Waals surface area (Å²) >= 11 is 0. The summed E-state index contributed by atoms with van der Waals surface area (Å²) in [7, 11) is -3.10. The van der Waals surface area contributed by atoms with E-state index in [1.54, 1.807) is 17.3 Å². The zero-order chi connectivity index (χ0) is 24.0. The van der Waals surface area contributed by atoms with Gasteiger partial charge in [0.1, 0.15) is 24.0 Å². The van der Waals surface area contributed by atoms with Crippen LogP contribution in [0.4, 0.5) is 5.82 Å². The highest BCUT2D eigenvalue weighted by Crippen LogP contribution is 2.34. The van der Waals surface area contributed by atoms with Crippen molar-refractivity contribution in [3.63, 3.8) is 0 Å². The molecule has 0 aliphatic carbocycles. The molecule has 0 aromatic carbocycles. The highest BCUT2D eigenvalue weighted by Gasteiger charge is 2.48. The summed E-state index contributed by atoms with van der Waals surface area (Å²) < 4.78 is 26.6. The largest absolute Gasteiger partial charge is 0.356 e. The Morgan fingerprint density at radius 1 is 1.18 bits per heavy atom. The molecule has 2 fully saturated rings. The van der Waals surface area contributed by atoms with E-state index in [0.717, 1.165) is 5.56 Å². The molecule has 2 saturated heterocycles. The molecular weight excluding hydrogens is 456 g/mol. The Kier molecular flexibility index (Phi) is 5.70. The van der Waals surface area contributed by atoms with Gasteiger partial charge in [-0.15, -0.1) is 0 Å². The minimum atomic E-state index is -3.10. The monoisotopic (exact) mass is 484 g/mol. The predicted octanol–water partition coefficient (Wildman–Crippen LogP) is 1.45. The molecule has 3 aromatic heterocycles. The molecule has 1 N–H and O–H groups in total. The van der Waals surface area contributed by atoms with Gasteiger partial charge >= 0.3 is 0 Å². The number of aromatic nitrogens is 6. The van der Waals surface area contributed by atoms with E-state index in [4.69, 9.17) is 4.98 Å². The van der Waals surface area contributed by atoms with E-state index in [1.807, 2.05) is 25.3 Å². The molecule has 5 rings (SSSR count). The first-order valence-electron chi connectivity index (χ1n) is 11.6. The molecule has 2 aliphatic heterocycles. The summed E-state index contributed by atoms with van der Waals surface area (Å²) in [6.07, 6.45) is 6.07. The molecule has 5 heterocycles. The van der Waals surface area contributed by atoms with Crippen molar-refractivity contribution < 1.29 is 13.2 Å². The van der Waals surface area contributed by atoms with Gasteiger partial charge in [-0.1, -0.05) is 6.92 Å². The van der Waals surface area contributed by atoms with E-state index >= 15 is 0 Å². The fourth-order valence-corrected chi connectivity index (χ4v) is 7.12. The van der Waals surface area contributed by atoms with Crippen LogP contribution >= 0.6 is 0 Å². The third-order valence-corrected chi connectivity index (χ3v) is 9.09. The Bertz CT molecular complexity index is 1340. The van der Waals surface area contributed by atoms with Crippen LogP contribution in [0.25, 0.3) is 22.6 Å². The molecule has 0 unspecified atom stereocenters. The quantitative estimate of drug-likeness (QED) is 0.551. The summed E-state index contributed by atoms with van der Waals surface area (Å²) in [6, 6.07) is -0.544. The zero-order valence-corrected chi connectivity index (χ0v) is 20.3. The molecule has 11 nitrogen and oxygen atoms in total. The fourth-order valence-electron chi connectivity index (χ4n) is 4.97. The normalized spacial score (nSPS) is 22.1. The van der Waals surface area contributed by atoms with Gasteiger partial charge in [-0.3, -0.25) is 4.79 Å². The number of carbonyl (C=O) groups excluding carboxylic acids is 1. The molecule has 180 valence electrons. The molecule has 0 bridgehead atoms. The molecule has 0 spiro atoms. The van der Waals surface area contributed by atoms with Gasteiger partial charge in [0.2, 0.25) is 5.91 Å². The molecule has 3 atom stereocenters.